The Labute approximate surface area is 463 Å². The zero-order valence-corrected chi connectivity index (χ0v) is 46.0. The van der Waals surface area contributed by atoms with Crippen LogP contribution in [0.5, 0.6) is 17.2 Å². The lowest BCUT2D eigenvalue weighted by Crippen LogP contribution is -2.32. The molecule has 0 saturated heterocycles. The smallest absolute Gasteiger partial charge is 0.120 e. The van der Waals surface area contributed by atoms with Crippen LogP contribution in [0.3, 0.4) is 0 Å². The molecule has 78 heavy (non-hydrogen) atoms. The van der Waals surface area contributed by atoms with Gasteiger partial charge in [0.15, 0.2) is 0 Å². The average molecular weight is 1050 g/mol. The second-order valence-corrected chi connectivity index (χ2v) is 22.0. The summed E-state index contributed by atoms with van der Waals surface area (Å²) < 4.78 is 22.1. The van der Waals surface area contributed by atoms with E-state index in [1.807, 2.05) is 11.8 Å². The molecule has 9 heteroatoms. The van der Waals surface area contributed by atoms with Gasteiger partial charge in [-0.05, 0) is 187 Å². The van der Waals surface area contributed by atoms with E-state index in [0.717, 1.165) is 70.0 Å². The monoisotopic (exact) mass is 1050 g/mol. The standard InChI is InChI=1S/C69H56N4O3S2/c1-7-70-63-39-47(23-33-55(63)57-35-29-51(76-5)41-65(57)70)72(43-17-25-49(74-3)26-18-43)45-21-31-53-54-32-22-46(38-62(54)69(61(53)37-45)59-13-9-11-15-67(59)78-68-16-12-10-14-60(68)69)73(44-19-27-50(75-4)28-20-44)48-24-34-56-58-36-30-52(77-6)42-66(58)71(8-2)64(56)40-48/h9-42H,7-8H2,1-6H3. The molecule has 10 aromatic carbocycles. The van der Waals surface area contributed by atoms with Gasteiger partial charge in [-0.2, -0.15) is 0 Å². The Bertz CT molecular complexity index is 4070. The van der Waals surface area contributed by atoms with E-state index in [4.69, 9.17) is 14.2 Å². The van der Waals surface area contributed by atoms with E-state index in [2.05, 4.69) is 245 Å². The van der Waals surface area contributed by atoms with Gasteiger partial charge in [0.2, 0.25) is 0 Å². The van der Waals surface area contributed by atoms with Crippen LogP contribution in [-0.4, -0.2) is 36.7 Å². The molecule has 382 valence electrons. The van der Waals surface area contributed by atoms with E-state index < -0.39 is 5.41 Å². The lowest BCUT2D eigenvalue weighted by Gasteiger charge is -2.40. The highest BCUT2D eigenvalue weighted by molar-refractivity contribution is 7.99. The molecule has 14 rings (SSSR count). The number of aromatic nitrogens is 2. The average Bonchev–Trinajstić information content (AvgIpc) is 4.30. The maximum Gasteiger partial charge on any atom is 0.120 e. The van der Waals surface area contributed by atoms with Gasteiger partial charge in [-0.1, -0.05) is 78.5 Å². The fraction of sp³-hybridized carbons (Fsp3) is 0.130. The number of benzene rings is 10. The first-order valence-electron chi connectivity index (χ1n) is 26.6. The summed E-state index contributed by atoms with van der Waals surface area (Å²) in [6.07, 6.45) is 2.15. The minimum atomic E-state index is -0.683. The fourth-order valence-corrected chi connectivity index (χ4v) is 14.5. The van der Waals surface area contributed by atoms with Gasteiger partial charge < -0.3 is 33.1 Å². The molecule has 0 radical (unpaired) electrons. The van der Waals surface area contributed by atoms with Crippen molar-refractivity contribution in [2.24, 2.45) is 0 Å². The second kappa shape index (κ2) is 18.9. The molecule has 1 aliphatic carbocycles. The molecule has 2 aromatic heterocycles. The number of anilines is 6. The van der Waals surface area contributed by atoms with Crippen LogP contribution in [0.2, 0.25) is 0 Å². The first-order chi connectivity index (χ1) is 38.4. The Kier molecular flexibility index (Phi) is 11.6. The van der Waals surface area contributed by atoms with E-state index >= 15 is 0 Å². The first kappa shape index (κ1) is 47.9. The highest BCUT2D eigenvalue weighted by Crippen LogP contribution is 2.63. The maximum atomic E-state index is 5.74. The number of fused-ring (bicyclic) bond motifs is 15. The number of hydrogen-bond donors (Lipinski definition) is 0. The Hall–Kier alpha value is -8.50. The highest BCUT2D eigenvalue weighted by atomic mass is 32.2. The van der Waals surface area contributed by atoms with Crippen LogP contribution < -0.4 is 24.0 Å². The van der Waals surface area contributed by atoms with Crippen molar-refractivity contribution in [2.45, 2.75) is 47.0 Å². The highest BCUT2D eigenvalue weighted by Gasteiger charge is 2.51. The zero-order valence-electron chi connectivity index (χ0n) is 44.4. The Morgan fingerprint density at radius 1 is 0.397 bits per heavy atom. The zero-order chi connectivity index (χ0) is 52.8. The van der Waals surface area contributed by atoms with Crippen LogP contribution in [0, 0.1) is 0 Å². The van der Waals surface area contributed by atoms with Crippen LogP contribution in [-0.2, 0) is 18.5 Å². The topological polar surface area (TPSA) is 44.0 Å². The van der Waals surface area contributed by atoms with E-state index in [1.54, 1.807) is 33.1 Å². The maximum absolute atomic E-state index is 5.74. The Morgan fingerprint density at radius 2 is 0.782 bits per heavy atom. The summed E-state index contributed by atoms with van der Waals surface area (Å²) in [6.45, 7) is 6.13. The quantitative estimate of drug-likeness (QED) is 0.113. The molecular formula is C69H56N4O3S2. The summed E-state index contributed by atoms with van der Waals surface area (Å²) in [5.41, 5.74) is 17.9. The molecule has 0 unspecified atom stereocenters. The fourth-order valence-electron chi connectivity index (χ4n) is 12.9. The van der Waals surface area contributed by atoms with Crippen molar-refractivity contribution in [3.63, 3.8) is 0 Å². The molecular weight excluding hydrogens is 997 g/mol. The Balaban J connectivity index is 1.01. The van der Waals surface area contributed by atoms with Crippen LogP contribution in [0.25, 0.3) is 54.7 Å². The third-order valence-electron chi connectivity index (χ3n) is 16.3. The van der Waals surface area contributed by atoms with Gasteiger partial charge in [-0.3, -0.25) is 0 Å². The number of thioether (sulfide) groups is 1. The third-order valence-corrected chi connectivity index (χ3v) is 18.2. The molecule has 2 aliphatic rings. The number of hydrogen-bond acceptors (Lipinski definition) is 7. The van der Waals surface area contributed by atoms with Gasteiger partial charge >= 0.3 is 0 Å². The summed E-state index contributed by atoms with van der Waals surface area (Å²) in [6, 6.07) is 76.6. The normalized spacial score (nSPS) is 12.9. The minimum Gasteiger partial charge on any atom is -0.497 e. The lowest BCUT2D eigenvalue weighted by molar-refractivity contribution is 0.414. The van der Waals surface area contributed by atoms with Crippen LogP contribution in [0.1, 0.15) is 36.1 Å². The third kappa shape index (κ3) is 7.21. The van der Waals surface area contributed by atoms with Gasteiger partial charge in [-0.25, -0.2) is 0 Å². The van der Waals surface area contributed by atoms with E-state index in [9.17, 15) is 0 Å². The molecule has 1 aliphatic heterocycles. The summed E-state index contributed by atoms with van der Waals surface area (Å²) in [5.74, 6) is 2.47. The summed E-state index contributed by atoms with van der Waals surface area (Å²) in [5, 5.41) is 4.94. The number of nitrogens with zero attached hydrogens (tertiary/aromatic N) is 4. The molecule has 0 N–H and O–H groups in total. The van der Waals surface area contributed by atoms with Gasteiger partial charge in [0, 0.05) is 89.5 Å². The molecule has 7 nitrogen and oxygen atoms in total. The van der Waals surface area contributed by atoms with Gasteiger partial charge in [-0.15, -0.1) is 11.8 Å². The van der Waals surface area contributed by atoms with E-state index in [1.165, 1.54) is 86.2 Å². The van der Waals surface area contributed by atoms with Crippen molar-refractivity contribution < 1.29 is 14.2 Å². The largest absolute Gasteiger partial charge is 0.497 e. The van der Waals surface area contributed by atoms with Crippen LogP contribution in [0.15, 0.2) is 221 Å². The van der Waals surface area contributed by atoms with Gasteiger partial charge in [0.05, 0.1) is 48.8 Å². The van der Waals surface area contributed by atoms with Crippen molar-refractivity contribution in [3.8, 4) is 28.4 Å². The van der Waals surface area contributed by atoms with E-state index in [-0.39, 0.29) is 0 Å². The van der Waals surface area contributed by atoms with Crippen molar-refractivity contribution in [1.29, 1.82) is 0 Å². The van der Waals surface area contributed by atoms with Crippen molar-refractivity contribution in [1.82, 2.24) is 9.13 Å². The predicted molar refractivity (Wildman–Crippen MR) is 326 cm³/mol. The molecule has 0 atom stereocenters. The van der Waals surface area contributed by atoms with Crippen molar-refractivity contribution >= 4 is 101 Å². The van der Waals surface area contributed by atoms with Crippen molar-refractivity contribution in [3.05, 3.63) is 229 Å². The predicted octanol–water partition coefficient (Wildman–Crippen LogP) is 18.5. The summed E-state index contributed by atoms with van der Waals surface area (Å²) in [7, 11) is 5.19. The summed E-state index contributed by atoms with van der Waals surface area (Å²) >= 11 is 3.65. The van der Waals surface area contributed by atoms with Crippen LogP contribution >= 0.6 is 23.5 Å². The van der Waals surface area contributed by atoms with E-state index in [0.29, 0.717) is 0 Å². The minimum absolute atomic E-state index is 0.683. The molecule has 0 fully saturated rings. The molecule has 0 amide bonds. The van der Waals surface area contributed by atoms with Crippen molar-refractivity contribution in [2.75, 3.05) is 37.4 Å². The number of methoxy groups -OCH3 is 3. The molecule has 0 saturated carbocycles. The number of rotatable bonds is 12. The summed E-state index contributed by atoms with van der Waals surface area (Å²) in [4.78, 5) is 8.60. The molecule has 12 aromatic rings. The van der Waals surface area contributed by atoms with Crippen LogP contribution in [0.4, 0.5) is 34.1 Å². The Morgan fingerprint density at radius 3 is 1.24 bits per heavy atom. The number of ether oxygens (including phenoxy) is 3. The van der Waals surface area contributed by atoms with Gasteiger partial charge in [0.25, 0.3) is 0 Å². The SMILES string of the molecule is CCn1c2cc(OC)ccc2c2ccc(N(c3ccc(OC)cc3)c3ccc4c(c3)C3(c5ccccc5Sc5ccccc53)c3cc(N(c5ccc(OC)cc5)c5ccc6c7ccc(SC)cc7n(CC)c6c5)ccc3-4)cc21. The first-order valence-corrected chi connectivity index (χ1v) is 28.7. The molecule has 0 bridgehead atoms. The molecule has 1 spiro atoms. The molecule has 3 heterocycles. The number of aryl methyl sites for hydroxylation is 2. The van der Waals surface area contributed by atoms with Gasteiger partial charge in [0.1, 0.15) is 17.2 Å². The lowest BCUT2D eigenvalue weighted by atomic mass is 9.67. The second-order valence-electron chi connectivity index (χ2n) is 20.0.